The van der Waals surface area contributed by atoms with Gasteiger partial charge in [-0.2, -0.15) is 0 Å². The Kier molecular flexibility index (Phi) is 9.18. The van der Waals surface area contributed by atoms with Crippen LogP contribution in [0, 0.1) is 17.5 Å². The first-order chi connectivity index (χ1) is 23.0. The molecule has 9 nitrogen and oxygen atoms in total. The molecule has 0 radical (unpaired) electrons. The third-order valence-electron chi connectivity index (χ3n) is 9.05. The average molecular weight is 659 g/mol. The third kappa shape index (κ3) is 6.61. The Balaban J connectivity index is 1.45. The number of aromatic nitrogens is 3. The Morgan fingerprint density at radius 3 is 2.75 bits per heavy atom. The highest BCUT2D eigenvalue weighted by molar-refractivity contribution is 5.85. The Morgan fingerprint density at radius 2 is 1.94 bits per heavy atom. The number of imidazole rings is 1. The SMILES string of the molecule is CC1(c2cccc(CCC(=O)O)c2F)CCCCC/C(N)=C/N(N)Cc2c(c(F)cc3[nH]ccc23)Oc2ccc(F)c(c2)-c2ncc1[nH]2. The van der Waals surface area contributed by atoms with Gasteiger partial charge in [0.15, 0.2) is 11.6 Å². The minimum absolute atomic E-state index is 0.0421. The number of ether oxygens (including phenoxy) is 1. The molecule has 12 heteroatoms. The fourth-order valence-corrected chi connectivity index (χ4v) is 6.44. The number of hydrazine groups is 1. The van der Waals surface area contributed by atoms with Crippen LogP contribution in [0.4, 0.5) is 13.2 Å². The number of hydrogen-bond acceptors (Lipinski definition) is 6. The largest absolute Gasteiger partial charge is 0.481 e. The minimum atomic E-state index is -1.01. The third-order valence-corrected chi connectivity index (χ3v) is 9.05. The van der Waals surface area contributed by atoms with Crippen LogP contribution in [0.5, 0.6) is 11.5 Å². The number of aromatic amines is 2. The first-order valence-corrected chi connectivity index (χ1v) is 15.8. The van der Waals surface area contributed by atoms with Crippen molar-refractivity contribution in [2.45, 2.75) is 63.8 Å². The summed E-state index contributed by atoms with van der Waals surface area (Å²) >= 11 is 0. The molecule has 1 aliphatic rings. The maximum absolute atomic E-state index is 16.1. The number of aryl methyl sites for hydroxylation is 1. The summed E-state index contributed by atoms with van der Waals surface area (Å²) < 4.78 is 53.2. The summed E-state index contributed by atoms with van der Waals surface area (Å²) in [4.78, 5) is 22.0. The molecule has 3 aromatic carbocycles. The zero-order valence-corrected chi connectivity index (χ0v) is 26.5. The second-order valence-corrected chi connectivity index (χ2v) is 12.4. The van der Waals surface area contributed by atoms with Crippen molar-refractivity contribution in [3.8, 4) is 22.9 Å². The molecule has 48 heavy (non-hydrogen) atoms. The standard InChI is InChI=1S/C36H37F3N6O3/c1-36(27-8-5-6-21(33(27)39)9-12-32(46)47)14-4-2-3-7-22(40)19-45(41)20-26-24-13-15-42-30(24)17-29(38)34(26)48-23-10-11-28(37)25(16-23)35-43-18-31(36)44-35/h5-6,8,10-11,13,15-19,42H,2-4,7,9,12,14,20,40-41H2,1H3,(H,43,44)(H,46,47)/b22-19-. The highest BCUT2D eigenvalue weighted by atomic mass is 19.1. The maximum atomic E-state index is 16.1. The van der Waals surface area contributed by atoms with Gasteiger partial charge in [0.1, 0.15) is 23.2 Å². The van der Waals surface area contributed by atoms with Crippen LogP contribution in [0.2, 0.25) is 0 Å². The summed E-state index contributed by atoms with van der Waals surface area (Å²) in [5.41, 5.74) is 8.31. The lowest BCUT2D eigenvalue weighted by molar-refractivity contribution is -0.136. The molecule has 3 heterocycles. The van der Waals surface area contributed by atoms with E-state index in [-0.39, 0.29) is 42.3 Å². The summed E-state index contributed by atoms with van der Waals surface area (Å²) in [7, 11) is 0. The molecule has 2 aromatic heterocycles. The smallest absolute Gasteiger partial charge is 0.303 e. The molecule has 4 bridgehead atoms. The van der Waals surface area contributed by atoms with E-state index in [1.165, 1.54) is 29.3 Å². The molecule has 0 aliphatic carbocycles. The predicted molar refractivity (Wildman–Crippen MR) is 176 cm³/mol. The highest BCUT2D eigenvalue weighted by Gasteiger charge is 2.34. The normalized spacial score (nSPS) is 18.6. The van der Waals surface area contributed by atoms with E-state index < -0.39 is 28.8 Å². The van der Waals surface area contributed by atoms with Gasteiger partial charge in [-0.1, -0.05) is 31.0 Å². The quantitative estimate of drug-likeness (QED) is 0.126. The van der Waals surface area contributed by atoms with Gasteiger partial charge in [0.05, 0.1) is 12.1 Å². The van der Waals surface area contributed by atoms with Crippen LogP contribution in [0.3, 0.4) is 0 Å². The number of fused-ring (bicyclic) bond motifs is 8. The number of nitrogens with two attached hydrogens (primary N) is 2. The molecular formula is C36H37F3N6O3. The fourth-order valence-electron chi connectivity index (χ4n) is 6.44. The molecule has 1 aliphatic heterocycles. The number of benzene rings is 3. The van der Waals surface area contributed by atoms with E-state index in [2.05, 4.69) is 15.0 Å². The van der Waals surface area contributed by atoms with Crippen molar-refractivity contribution in [1.82, 2.24) is 20.0 Å². The Labute approximate surface area is 275 Å². The van der Waals surface area contributed by atoms with E-state index in [0.717, 1.165) is 12.8 Å². The van der Waals surface area contributed by atoms with E-state index in [0.29, 0.717) is 58.2 Å². The van der Waals surface area contributed by atoms with Crippen LogP contribution in [-0.2, 0) is 23.2 Å². The average Bonchev–Trinajstić information content (AvgIpc) is 3.73. The van der Waals surface area contributed by atoms with Gasteiger partial charge in [-0.25, -0.2) is 24.0 Å². The minimum Gasteiger partial charge on any atom is -0.481 e. The molecule has 0 saturated heterocycles. The summed E-state index contributed by atoms with van der Waals surface area (Å²) in [5.74, 6) is 3.92. The van der Waals surface area contributed by atoms with Crippen LogP contribution in [-0.4, -0.2) is 31.0 Å². The molecule has 5 aromatic rings. The maximum Gasteiger partial charge on any atom is 0.303 e. The van der Waals surface area contributed by atoms with Gasteiger partial charge in [0.25, 0.3) is 0 Å². The number of rotatable bonds is 4. The number of nitrogens with zero attached hydrogens (tertiary/aromatic N) is 2. The summed E-state index contributed by atoms with van der Waals surface area (Å²) in [6.07, 6.45) is 7.96. The molecule has 0 saturated carbocycles. The number of allylic oxidation sites excluding steroid dienone is 1. The molecule has 0 spiro atoms. The van der Waals surface area contributed by atoms with E-state index in [4.69, 9.17) is 16.3 Å². The van der Waals surface area contributed by atoms with Crippen molar-refractivity contribution >= 4 is 16.9 Å². The fraction of sp³-hybridized carbons (Fsp3) is 0.278. The van der Waals surface area contributed by atoms with Gasteiger partial charge in [-0.3, -0.25) is 4.79 Å². The highest BCUT2D eigenvalue weighted by Crippen LogP contribution is 2.41. The Hall–Kier alpha value is -5.23. The Morgan fingerprint density at radius 1 is 1.10 bits per heavy atom. The molecular weight excluding hydrogens is 621 g/mol. The van der Waals surface area contributed by atoms with Crippen molar-refractivity contribution in [3.05, 3.63) is 113 Å². The molecule has 0 amide bonds. The molecule has 6 rings (SSSR count). The number of carboxylic acids is 1. The topological polar surface area (TPSA) is 146 Å². The van der Waals surface area contributed by atoms with Crippen LogP contribution in [0.1, 0.15) is 67.8 Å². The number of carbonyl (C=O) groups is 1. The van der Waals surface area contributed by atoms with E-state index in [1.807, 2.05) is 6.92 Å². The number of carboxylic acid groups (broad SMARTS) is 1. The first-order valence-electron chi connectivity index (χ1n) is 15.8. The molecule has 1 unspecified atom stereocenters. The molecule has 0 fully saturated rings. The zero-order chi connectivity index (χ0) is 34.0. The molecule has 7 N–H and O–H groups in total. The Bertz CT molecular complexity index is 2000. The zero-order valence-electron chi connectivity index (χ0n) is 26.5. The first kappa shape index (κ1) is 32.7. The summed E-state index contributed by atoms with van der Waals surface area (Å²) in [6, 6.07) is 12.2. The number of nitrogens with one attached hydrogen (secondary N) is 2. The lowest BCUT2D eigenvalue weighted by Gasteiger charge is -2.30. The monoisotopic (exact) mass is 658 g/mol. The van der Waals surface area contributed by atoms with Gasteiger partial charge >= 0.3 is 5.97 Å². The van der Waals surface area contributed by atoms with E-state index >= 15 is 13.2 Å². The molecule has 1 atom stereocenters. The lowest BCUT2D eigenvalue weighted by Crippen LogP contribution is -2.26. The van der Waals surface area contributed by atoms with Gasteiger partial charge < -0.3 is 30.6 Å². The van der Waals surface area contributed by atoms with Gasteiger partial charge in [0.2, 0.25) is 0 Å². The lowest BCUT2D eigenvalue weighted by atomic mass is 9.74. The van der Waals surface area contributed by atoms with Crippen molar-refractivity contribution < 1.29 is 27.8 Å². The van der Waals surface area contributed by atoms with Crippen LogP contribution < -0.4 is 16.3 Å². The second-order valence-electron chi connectivity index (χ2n) is 12.4. The van der Waals surface area contributed by atoms with Crippen molar-refractivity contribution in [2.75, 3.05) is 0 Å². The van der Waals surface area contributed by atoms with Gasteiger partial charge in [0, 0.05) is 64.4 Å². The van der Waals surface area contributed by atoms with Crippen LogP contribution in [0.15, 0.2) is 72.8 Å². The summed E-state index contributed by atoms with van der Waals surface area (Å²) in [5, 5.41) is 11.3. The van der Waals surface area contributed by atoms with Crippen LogP contribution in [0.25, 0.3) is 22.3 Å². The number of halogens is 3. The number of H-pyrrole nitrogens is 2. The number of hydrogen-bond donors (Lipinski definition) is 5. The van der Waals surface area contributed by atoms with E-state index in [9.17, 15) is 9.90 Å². The van der Waals surface area contributed by atoms with Gasteiger partial charge in [-0.05, 0) is 68.0 Å². The van der Waals surface area contributed by atoms with Gasteiger partial charge in [-0.15, -0.1) is 0 Å². The predicted octanol–water partition coefficient (Wildman–Crippen LogP) is 7.53. The van der Waals surface area contributed by atoms with Crippen molar-refractivity contribution in [1.29, 1.82) is 0 Å². The summed E-state index contributed by atoms with van der Waals surface area (Å²) in [6.45, 7) is 1.97. The number of aliphatic carboxylic acids is 1. The van der Waals surface area contributed by atoms with E-state index in [1.54, 1.807) is 42.9 Å². The second kappa shape index (κ2) is 13.5. The van der Waals surface area contributed by atoms with Crippen molar-refractivity contribution in [2.24, 2.45) is 11.6 Å². The molecule has 250 valence electrons. The van der Waals surface area contributed by atoms with Crippen LogP contribution >= 0.6 is 0 Å². The van der Waals surface area contributed by atoms with Crippen molar-refractivity contribution in [3.63, 3.8) is 0 Å².